The first-order valence-corrected chi connectivity index (χ1v) is 11.1. The third-order valence-electron chi connectivity index (χ3n) is 6.98. The molecule has 184 valence electrons. The van der Waals surface area contributed by atoms with Crippen LogP contribution in [-0.4, -0.2) is 46.5 Å². The third kappa shape index (κ3) is 3.69. The van der Waals surface area contributed by atoms with Gasteiger partial charge >= 0.3 is 12.3 Å². The Morgan fingerprint density at radius 3 is 2.51 bits per heavy atom. The molecule has 3 atom stereocenters. The second kappa shape index (κ2) is 7.96. The summed E-state index contributed by atoms with van der Waals surface area (Å²) in [7, 11) is 0. The second-order valence-electron chi connectivity index (χ2n) is 9.01. The predicted octanol–water partition coefficient (Wildman–Crippen LogP) is 3.82. The fourth-order valence-electron chi connectivity index (χ4n) is 5.38. The number of nitrogen functional groups attached to an aromatic ring is 1. The first-order valence-electron chi connectivity index (χ1n) is 11.1. The lowest BCUT2D eigenvalue weighted by molar-refractivity contribution is -0.186. The molecule has 35 heavy (non-hydrogen) atoms. The number of fused-ring (bicyclic) bond motifs is 2. The zero-order valence-corrected chi connectivity index (χ0v) is 18.3. The number of imide groups is 1. The number of aryl methyl sites for hydroxylation is 1. The van der Waals surface area contributed by atoms with E-state index < -0.39 is 54.1 Å². The molecule has 2 N–H and O–H groups in total. The quantitative estimate of drug-likeness (QED) is 0.521. The van der Waals surface area contributed by atoms with Crippen molar-refractivity contribution in [1.82, 2.24) is 9.80 Å². The molecule has 0 bridgehead atoms. The van der Waals surface area contributed by atoms with Gasteiger partial charge in [0.25, 0.3) is 5.91 Å². The van der Waals surface area contributed by atoms with E-state index >= 15 is 0 Å². The van der Waals surface area contributed by atoms with E-state index in [4.69, 9.17) is 10.5 Å². The number of hydrogen-bond donors (Lipinski definition) is 1. The van der Waals surface area contributed by atoms with E-state index in [9.17, 15) is 31.9 Å². The Morgan fingerprint density at radius 2 is 1.83 bits per heavy atom. The summed E-state index contributed by atoms with van der Waals surface area (Å²) in [6.45, 7) is -0.895. The van der Waals surface area contributed by atoms with Gasteiger partial charge in [-0.2, -0.15) is 13.2 Å². The van der Waals surface area contributed by atoms with E-state index in [0.717, 1.165) is 17.7 Å². The summed E-state index contributed by atoms with van der Waals surface area (Å²) in [6.07, 6.45) is -5.60. The molecule has 2 aromatic carbocycles. The number of likely N-dealkylation sites (tertiary alicyclic amines) is 1. The molecule has 2 saturated heterocycles. The summed E-state index contributed by atoms with van der Waals surface area (Å²) in [5.74, 6) is -2.40. The highest BCUT2D eigenvalue weighted by atomic mass is 19.4. The zero-order valence-electron chi connectivity index (χ0n) is 18.3. The SMILES string of the molecule is Nc1ccc2c(c1)CC[C@@]21OC(=O)N(CC(=O)N2[C@H](c3ccc(F)cc3)CC[C@@H]2C(F)(F)F)C1=O. The van der Waals surface area contributed by atoms with Crippen LogP contribution in [0.1, 0.15) is 42.0 Å². The van der Waals surface area contributed by atoms with Gasteiger partial charge in [-0.1, -0.05) is 18.2 Å². The Morgan fingerprint density at radius 1 is 1.11 bits per heavy atom. The van der Waals surface area contributed by atoms with Crippen LogP contribution in [0.15, 0.2) is 42.5 Å². The standard InChI is InChI=1S/C24H21F4N3O4/c25-15-3-1-13(2-4-15)18-7-8-19(24(26,27)28)31(18)20(32)12-30-21(33)23(35-22(30)34)10-9-14-11-16(29)5-6-17(14)23/h1-6,11,18-19H,7-10,12,29H2/t18-,19+,23+/m0/s1. The maximum Gasteiger partial charge on any atom is 0.418 e. The van der Waals surface area contributed by atoms with E-state index in [1.165, 1.54) is 12.1 Å². The Hall–Kier alpha value is -3.63. The van der Waals surface area contributed by atoms with E-state index in [2.05, 4.69) is 0 Å². The van der Waals surface area contributed by atoms with Gasteiger partial charge < -0.3 is 15.4 Å². The molecule has 1 aliphatic carbocycles. The van der Waals surface area contributed by atoms with Gasteiger partial charge in [0.05, 0.1) is 6.04 Å². The minimum absolute atomic E-state index is 0.00131. The van der Waals surface area contributed by atoms with Gasteiger partial charge in [0.2, 0.25) is 11.5 Å². The zero-order chi connectivity index (χ0) is 25.1. The number of hydrogen-bond acceptors (Lipinski definition) is 5. The van der Waals surface area contributed by atoms with E-state index in [1.807, 2.05) is 0 Å². The molecule has 0 aromatic heterocycles. The molecule has 0 saturated carbocycles. The number of ether oxygens (including phenoxy) is 1. The van der Waals surface area contributed by atoms with Gasteiger partial charge in [0, 0.05) is 17.7 Å². The molecule has 3 aliphatic rings. The predicted molar refractivity (Wildman–Crippen MR) is 114 cm³/mol. The number of carbonyl (C=O) groups excluding carboxylic acids is 3. The minimum Gasteiger partial charge on any atom is -0.427 e. The van der Waals surface area contributed by atoms with Crippen LogP contribution in [0.5, 0.6) is 0 Å². The van der Waals surface area contributed by atoms with Crippen molar-refractivity contribution in [3.63, 3.8) is 0 Å². The normalized spacial score (nSPS) is 25.9. The third-order valence-corrected chi connectivity index (χ3v) is 6.98. The van der Waals surface area contributed by atoms with E-state index in [-0.39, 0.29) is 19.3 Å². The molecule has 7 nitrogen and oxygen atoms in total. The molecule has 3 amide bonds. The summed E-state index contributed by atoms with van der Waals surface area (Å²) in [4.78, 5) is 40.4. The summed E-state index contributed by atoms with van der Waals surface area (Å²) in [6, 6.07) is 6.60. The van der Waals surface area contributed by atoms with Crippen LogP contribution >= 0.6 is 0 Å². The highest BCUT2D eigenvalue weighted by molar-refractivity contribution is 6.06. The number of halogens is 4. The topological polar surface area (TPSA) is 92.9 Å². The second-order valence-corrected chi connectivity index (χ2v) is 9.01. The molecule has 11 heteroatoms. The summed E-state index contributed by atoms with van der Waals surface area (Å²) < 4.78 is 60.2. The molecule has 1 spiro atoms. The number of benzene rings is 2. The molecule has 0 unspecified atom stereocenters. The lowest BCUT2D eigenvalue weighted by Gasteiger charge is -2.32. The fraction of sp³-hybridized carbons (Fsp3) is 0.375. The summed E-state index contributed by atoms with van der Waals surface area (Å²) in [5, 5.41) is 0. The lowest BCUT2D eigenvalue weighted by Crippen LogP contribution is -2.50. The van der Waals surface area contributed by atoms with Crippen molar-refractivity contribution in [2.24, 2.45) is 0 Å². The number of alkyl halides is 3. The van der Waals surface area contributed by atoms with Crippen LogP contribution < -0.4 is 5.73 Å². The van der Waals surface area contributed by atoms with Crippen molar-refractivity contribution < 1.29 is 36.7 Å². The lowest BCUT2D eigenvalue weighted by atomic mass is 9.94. The molecule has 0 radical (unpaired) electrons. The Balaban J connectivity index is 1.43. The Kier molecular flexibility index (Phi) is 5.26. The average Bonchev–Trinajstić information content (AvgIpc) is 3.46. The fourth-order valence-corrected chi connectivity index (χ4v) is 5.38. The average molecular weight is 491 g/mol. The number of anilines is 1. The number of nitrogens with zero attached hydrogens (tertiary/aromatic N) is 2. The molecular weight excluding hydrogens is 470 g/mol. The Bertz CT molecular complexity index is 1220. The van der Waals surface area contributed by atoms with Crippen molar-refractivity contribution in [3.8, 4) is 0 Å². The highest BCUT2D eigenvalue weighted by Gasteiger charge is 2.59. The minimum atomic E-state index is -4.72. The van der Waals surface area contributed by atoms with Gasteiger partial charge in [-0.05, 0) is 54.7 Å². The smallest absolute Gasteiger partial charge is 0.418 e. The highest BCUT2D eigenvalue weighted by Crippen LogP contribution is 2.47. The van der Waals surface area contributed by atoms with Crippen molar-refractivity contribution in [2.45, 2.75) is 49.5 Å². The molecular formula is C24H21F4N3O4. The molecule has 2 aliphatic heterocycles. The molecule has 2 fully saturated rings. The molecule has 5 rings (SSSR count). The van der Waals surface area contributed by atoms with Gasteiger partial charge in [-0.25, -0.2) is 14.1 Å². The number of amides is 3. The van der Waals surface area contributed by atoms with Crippen LogP contribution in [0, 0.1) is 5.82 Å². The van der Waals surface area contributed by atoms with Crippen molar-refractivity contribution in [1.29, 1.82) is 0 Å². The van der Waals surface area contributed by atoms with Gasteiger partial charge in [0.1, 0.15) is 18.4 Å². The Labute approximate surface area is 197 Å². The van der Waals surface area contributed by atoms with Crippen molar-refractivity contribution in [3.05, 3.63) is 65.0 Å². The number of nitrogens with two attached hydrogens (primary N) is 1. The van der Waals surface area contributed by atoms with Gasteiger partial charge in [-0.3, -0.25) is 9.59 Å². The molecule has 2 heterocycles. The van der Waals surface area contributed by atoms with Crippen molar-refractivity contribution >= 4 is 23.6 Å². The van der Waals surface area contributed by atoms with Gasteiger partial charge in [-0.15, -0.1) is 0 Å². The van der Waals surface area contributed by atoms with Crippen LogP contribution in [0.3, 0.4) is 0 Å². The summed E-state index contributed by atoms with van der Waals surface area (Å²) in [5.41, 5.74) is 6.17. The van der Waals surface area contributed by atoms with E-state index in [0.29, 0.717) is 33.0 Å². The monoisotopic (exact) mass is 491 g/mol. The number of rotatable bonds is 3. The first-order chi connectivity index (χ1) is 16.5. The maximum atomic E-state index is 13.8. The van der Waals surface area contributed by atoms with Gasteiger partial charge in [0.15, 0.2) is 0 Å². The van der Waals surface area contributed by atoms with Crippen LogP contribution in [0.2, 0.25) is 0 Å². The summed E-state index contributed by atoms with van der Waals surface area (Å²) >= 11 is 0. The van der Waals surface area contributed by atoms with E-state index in [1.54, 1.807) is 18.2 Å². The first kappa shape index (κ1) is 23.1. The van der Waals surface area contributed by atoms with Crippen molar-refractivity contribution in [2.75, 3.05) is 12.3 Å². The maximum absolute atomic E-state index is 13.8. The van der Waals surface area contributed by atoms with Crippen LogP contribution in [0.25, 0.3) is 0 Å². The molecule has 2 aromatic rings. The largest absolute Gasteiger partial charge is 0.427 e. The van der Waals surface area contributed by atoms with Crippen LogP contribution in [0.4, 0.5) is 28.0 Å². The van der Waals surface area contributed by atoms with Crippen LogP contribution in [-0.2, 0) is 26.3 Å². The number of carbonyl (C=O) groups is 3.